The number of aliphatic imine (C=N–C) groups is 2. The first-order valence-corrected chi connectivity index (χ1v) is 9.73. The summed E-state index contributed by atoms with van der Waals surface area (Å²) in [4.78, 5) is 37.5. The zero-order chi connectivity index (χ0) is 19.9. The third kappa shape index (κ3) is 6.19. The van der Waals surface area contributed by atoms with Crippen molar-refractivity contribution in [3.63, 3.8) is 0 Å². The van der Waals surface area contributed by atoms with Gasteiger partial charge in [0.1, 0.15) is 0 Å². The summed E-state index contributed by atoms with van der Waals surface area (Å²) in [6.45, 7) is 10.1. The third-order valence-electron chi connectivity index (χ3n) is 5.08. The molecule has 2 aliphatic rings. The molecular formula is C20H29ClN6O2. The van der Waals surface area contributed by atoms with E-state index in [0.29, 0.717) is 24.2 Å². The van der Waals surface area contributed by atoms with E-state index < -0.39 is 0 Å². The molecule has 3 rings (SSSR count). The molecule has 0 spiro atoms. The van der Waals surface area contributed by atoms with E-state index in [0.717, 1.165) is 50.9 Å². The Morgan fingerprint density at radius 2 is 1.21 bits per heavy atom. The molecule has 2 heterocycles. The molecule has 0 radical (unpaired) electrons. The Kier molecular flexibility index (Phi) is 8.45. The molecule has 2 N–H and O–H groups in total. The topological polar surface area (TPSA) is 89.4 Å². The normalized spacial score (nSPS) is 15.5. The molecule has 0 saturated heterocycles. The van der Waals surface area contributed by atoms with E-state index in [-0.39, 0.29) is 24.2 Å². The predicted octanol–water partition coefficient (Wildman–Crippen LogP) is 1.04. The van der Waals surface area contributed by atoms with Crippen molar-refractivity contribution in [2.45, 2.75) is 13.8 Å². The molecule has 0 aliphatic carbocycles. The molecule has 0 bridgehead atoms. The van der Waals surface area contributed by atoms with Crippen molar-refractivity contribution in [1.82, 2.24) is 20.4 Å². The Bertz CT molecular complexity index is 713. The van der Waals surface area contributed by atoms with Crippen LogP contribution in [-0.4, -0.2) is 85.6 Å². The molecule has 0 aromatic heterocycles. The van der Waals surface area contributed by atoms with Crippen LogP contribution >= 0.6 is 12.4 Å². The molecular weight excluding hydrogens is 392 g/mol. The predicted molar refractivity (Wildman–Crippen MR) is 117 cm³/mol. The van der Waals surface area contributed by atoms with Crippen LogP contribution in [0.1, 0.15) is 34.6 Å². The lowest BCUT2D eigenvalue weighted by Gasteiger charge is -2.18. The number of amidine groups is 2. The van der Waals surface area contributed by atoms with Crippen LogP contribution in [0.4, 0.5) is 0 Å². The Balaban J connectivity index is 0.00000300. The lowest BCUT2D eigenvalue weighted by molar-refractivity contribution is 0.0940. The van der Waals surface area contributed by atoms with Gasteiger partial charge in [-0.2, -0.15) is 0 Å². The van der Waals surface area contributed by atoms with Crippen molar-refractivity contribution in [3.8, 4) is 0 Å². The third-order valence-corrected chi connectivity index (χ3v) is 5.08. The Morgan fingerprint density at radius 1 is 0.828 bits per heavy atom. The Morgan fingerprint density at radius 3 is 1.52 bits per heavy atom. The second kappa shape index (κ2) is 10.8. The number of amides is 2. The second-order valence-electron chi connectivity index (χ2n) is 6.92. The molecule has 1 aromatic rings. The second-order valence-corrected chi connectivity index (χ2v) is 6.92. The number of halogens is 1. The fourth-order valence-corrected chi connectivity index (χ4v) is 3.32. The zero-order valence-electron chi connectivity index (χ0n) is 17.0. The first kappa shape index (κ1) is 22.7. The Labute approximate surface area is 177 Å². The van der Waals surface area contributed by atoms with Gasteiger partial charge in [0.15, 0.2) is 0 Å². The van der Waals surface area contributed by atoms with E-state index in [1.165, 1.54) is 0 Å². The number of carbonyl (C=O) groups excluding carboxylic acids is 2. The van der Waals surface area contributed by atoms with Crippen LogP contribution in [0.2, 0.25) is 0 Å². The van der Waals surface area contributed by atoms with Gasteiger partial charge in [-0.15, -0.1) is 12.4 Å². The zero-order valence-corrected chi connectivity index (χ0v) is 17.8. The van der Waals surface area contributed by atoms with Crippen molar-refractivity contribution >= 4 is 35.9 Å². The summed E-state index contributed by atoms with van der Waals surface area (Å²) in [7, 11) is 0. The molecule has 1 aromatic carbocycles. The quantitative estimate of drug-likeness (QED) is 0.657. The minimum absolute atomic E-state index is 0. The highest BCUT2D eigenvalue weighted by Crippen LogP contribution is 2.05. The van der Waals surface area contributed by atoms with Crippen molar-refractivity contribution in [1.29, 1.82) is 0 Å². The molecule has 0 atom stereocenters. The average molecular weight is 421 g/mol. The van der Waals surface area contributed by atoms with E-state index in [9.17, 15) is 9.59 Å². The first-order chi connectivity index (χ1) is 13.5. The lowest BCUT2D eigenvalue weighted by atomic mass is 10.1. The number of hydrogen-bond donors (Lipinski definition) is 2. The lowest BCUT2D eigenvalue weighted by Crippen LogP contribution is -2.36. The van der Waals surface area contributed by atoms with Gasteiger partial charge in [0, 0.05) is 50.4 Å². The van der Waals surface area contributed by atoms with E-state index in [1.54, 1.807) is 24.3 Å². The van der Waals surface area contributed by atoms with Gasteiger partial charge < -0.3 is 20.4 Å². The molecule has 29 heavy (non-hydrogen) atoms. The molecule has 0 unspecified atom stereocenters. The molecule has 158 valence electrons. The highest BCUT2D eigenvalue weighted by molar-refractivity contribution is 5.97. The van der Waals surface area contributed by atoms with Crippen molar-refractivity contribution in [3.05, 3.63) is 35.4 Å². The van der Waals surface area contributed by atoms with Crippen LogP contribution < -0.4 is 10.6 Å². The number of rotatable bonds is 8. The number of nitrogens with zero attached hydrogens (tertiary/aromatic N) is 4. The maximum Gasteiger partial charge on any atom is 0.251 e. The van der Waals surface area contributed by atoms with Gasteiger partial charge in [0.25, 0.3) is 11.8 Å². The smallest absolute Gasteiger partial charge is 0.251 e. The molecule has 0 fully saturated rings. The van der Waals surface area contributed by atoms with Gasteiger partial charge in [-0.05, 0) is 38.1 Å². The summed E-state index contributed by atoms with van der Waals surface area (Å²) < 4.78 is 0. The van der Waals surface area contributed by atoms with Crippen molar-refractivity contribution in [2.75, 3.05) is 52.4 Å². The number of carbonyl (C=O) groups is 2. The molecule has 8 nitrogen and oxygen atoms in total. The van der Waals surface area contributed by atoms with Gasteiger partial charge in [-0.3, -0.25) is 19.6 Å². The number of hydrogen-bond acceptors (Lipinski definition) is 6. The largest absolute Gasteiger partial charge is 0.357 e. The summed E-state index contributed by atoms with van der Waals surface area (Å²) in [5.41, 5.74) is 1.10. The highest BCUT2D eigenvalue weighted by Gasteiger charge is 2.14. The fraction of sp³-hybridized carbons (Fsp3) is 0.500. The summed E-state index contributed by atoms with van der Waals surface area (Å²) in [6.07, 6.45) is 0. The van der Waals surface area contributed by atoms with Gasteiger partial charge in [0.2, 0.25) is 0 Å². The van der Waals surface area contributed by atoms with Crippen molar-refractivity contribution < 1.29 is 9.59 Å². The number of benzene rings is 1. The highest BCUT2D eigenvalue weighted by atomic mass is 35.5. The van der Waals surface area contributed by atoms with Gasteiger partial charge >= 0.3 is 0 Å². The van der Waals surface area contributed by atoms with Crippen LogP contribution in [0.3, 0.4) is 0 Å². The Hall–Kier alpha value is -2.61. The SMILES string of the molecule is CC1=NCCN1CCNC(=O)c1ccc(C(=O)NCCN2CCN=C2C)cc1.Cl. The minimum Gasteiger partial charge on any atom is -0.357 e. The van der Waals surface area contributed by atoms with Crippen molar-refractivity contribution in [2.24, 2.45) is 9.98 Å². The van der Waals surface area contributed by atoms with E-state index in [2.05, 4.69) is 30.4 Å². The van der Waals surface area contributed by atoms with E-state index >= 15 is 0 Å². The fourth-order valence-electron chi connectivity index (χ4n) is 3.32. The minimum atomic E-state index is -0.135. The summed E-state index contributed by atoms with van der Waals surface area (Å²) >= 11 is 0. The van der Waals surface area contributed by atoms with Crippen LogP contribution in [0.15, 0.2) is 34.3 Å². The van der Waals surface area contributed by atoms with E-state index in [4.69, 9.17) is 0 Å². The standard InChI is InChI=1S/C20H28N6O2.ClH/c1-15-21-7-11-25(15)13-9-23-19(27)17-3-5-18(6-4-17)20(28)24-10-14-26-12-8-22-16(26)2;/h3-6H,7-14H2,1-2H3,(H,23,27)(H,24,28);1H. The average Bonchev–Trinajstić information content (AvgIpc) is 3.30. The first-order valence-electron chi connectivity index (χ1n) is 9.73. The van der Waals surface area contributed by atoms with Crippen LogP contribution in [0.25, 0.3) is 0 Å². The number of nitrogens with one attached hydrogen (secondary N) is 2. The van der Waals surface area contributed by atoms with E-state index in [1.807, 2.05) is 13.8 Å². The summed E-state index contributed by atoms with van der Waals surface area (Å²) in [5.74, 6) is 1.78. The molecule has 0 saturated carbocycles. The monoisotopic (exact) mass is 420 g/mol. The molecule has 2 aliphatic heterocycles. The summed E-state index contributed by atoms with van der Waals surface area (Å²) in [6, 6.07) is 6.74. The molecule has 2 amide bonds. The summed E-state index contributed by atoms with van der Waals surface area (Å²) in [5, 5.41) is 5.82. The maximum absolute atomic E-state index is 12.3. The van der Waals surface area contributed by atoms with Gasteiger partial charge in [0.05, 0.1) is 24.8 Å². The maximum atomic E-state index is 12.3. The van der Waals surface area contributed by atoms with Gasteiger partial charge in [-0.25, -0.2) is 0 Å². The van der Waals surface area contributed by atoms with Gasteiger partial charge in [-0.1, -0.05) is 0 Å². The van der Waals surface area contributed by atoms with Crippen LogP contribution in [-0.2, 0) is 0 Å². The van der Waals surface area contributed by atoms with Crippen LogP contribution in [0, 0.1) is 0 Å². The van der Waals surface area contributed by atoms with Crippen LogP contribution in [0.5, 0.6) is 0 Å². The molecule has 9 heteroatoms.